The summed E-state index contributed by atoms with van der Waals surface area (Å²) in [5.74, 6) is -0.237. The summed E-state index contributed by atoms with van der Waals surface area (Å²) in [4.78, 5) is 24.3. The lowest BCUT2D eigenvalue weighted by atomic mass is 10.0. The molecule has 0 spiro atoms. The third-order valence-electron chi connectivity index (χ3n) is 5.05. The Hall–Kier alpha value is -4.43. The van der Waals surface area contributed by atoms with Crippen molar-refractivity contribution in [2.75, 3.05) is 14.2 Å². The maximum absolute atomic E-state index is 13.5. The van der Waals surface area contributed by atoms with Gasteiger partial charge in [-0.25, -0.2) is 9.87 Å². The van der Waals surface area contributed by atoms with E-state index in [-0.39, 0.29) is 12.5 Å². The number of carbonyl (C=O) groups is 2. The van der Waals surface area contributed by atoms with Crippen LogP contribution >= 0.6 is 0 Å². The molecule has 8 heteroatoms. The second kappa shape index (κ2) is 12.2. The SMILES string of the molecule is COc1cc(C=C(C(=O)NCc2ccc(/C=C/C(=O)NO)cc2)c2ccc(F)cc2)cc(OC)c1. The minimum Gasteiger partial charge on any atom is -0.497 e. The van der Waals surface area contributed by atoms with Crippen LogP contribution in [-0.4, -0.2) is 31.2 Å². The minimum atomic E-state index is -0.630. The predicted molar refractivity (Wildman–Crippen MR) is 131 cm³/mol. The van der Waals surface area contributed by atoms with Gasteiger partial charge in [-0.1, -0.05) is 36.4 Å². The average molecular weight is 477 g/mol. The summed E-state index contributed by atoms with van der Waals surface area (Å²) in [5, 5.41) is 11.4. The summed E-state index contributed by atoms with van der Waals surface area (Å²) >= 11 is 0. The van der Waals surface area contributed by atoms with E-state index in [2.05, 4.69) is 5.32 Å². The first kappa shape index (κ1) is 25.2. The van der Waals surface area contributed by atoms with Crippen molar-refractivity contribution in [2.24, 2.45) is 0 Å². The fourth-order valence-electron chi connectivity index (χ4n) is 3.22. The van der Waals surface area contributed by atoms with Crippen molar-refractivity contribution >= 4 is 29.5 Å². The number of hydrogen-bond donors (Lipinski definition) is 3. The van der Waals surface area contributed by atoms with Crippen LogP contribution in [0, 0.1) is 5.82 Å². The summed E-state index contributed by atoms with van der Waals surface area (Å²) in [6.45, 7) is 0.250. The van der Waals surface area contributed by atoms with E-state index in [4.69, 9.17) is 14.7 Å². The first-order valence-electron chi connectivity index (χ1n) is 10.6. The Morgan fingerprint density at radius 3 is 2.11 bits per heavy atom. The molecule has 0 aromatic heterocycles. The van der Waals surface area contributed by atoms with Gasteiger partial charge in [-0.15, -0.1) is 0 Å². The maximum Gasteiger partial charge on any atom is 0.267 e. The third kappa shape index (κ3) is 7.28. The number of ether oxygens (including phenoxy) is 2. The second-order valence-corrected chi connectivity index (χ2v) is 7.44. The third-order valence-corrected chi connectivity index (χ3v) is 5.05. The molecular weight excluding hydrogens is 451 g/mol. The van der Waals surface area contributed by atoms with Crippen LogP contribution in [0.25, 0.3) is 17.7 Å². The predicted octanol–water partition coefficient (Wildman–Crippen LogP) is 4.22. The smallest absolute Gasteiger partial charge is 0.267 e. The standard InChI is InChI=1S/C27H25FN2O5/c1-34-23-13-20(14-24(16-23)35-2)15-25(21-8-10-22(28)11-9-21)27(32)29-17-19-5-3-18(4-6-19)7-12-26(31)30-33/h3-16,33H,17H2,1-2H3,(H,29,32)(H,30,31)/b12-7+,25-15?. The highest BCUT2D eigenvalue weighted by molar-refractivity contribution is 6.24. The molecule has 0 aliphatic rings. The lowest BCUT2D eigenvalue weighted by Gasteiger charge is -2.12. The summed E-state index contributed by atoms with van der Waals surface area (Å²) in [7, 11) is 3.08. The summed E-state index contributed by atoms with van der Waals surface area (Å²) in [5.41, 5.74) is 4.68. The zero-order valence-electron chi connectivity index (χ0n) is 19.2. The van der Waals surface area contributed by atoms with Gasteiger partial charge in [-0.05, 0) is 58.7 Å². The Kier molecular flexibility index (Phi) is 8.75. The van der Waals surface area contributed by atoms with Crippen LogP contribution in [0.2, 0.25) is 0 Å². The molecule has 35 heavy (non-hydrogen) atoms. The van der Waals surface area contributed by atoms with Gasteiger partial charge in [0.25, 0.3) is 11.8 Å². The van der Waals surface area contributed by atoms with E-state index in [1.807, 2.05) is 12.1 Å². The van der Waals surface area contributed by atoms with Crippen LogP contribution in [0.1, 0.15) is 22.3 Å². The van der Waals surface area contributed by atoms with Gasteiger partial charge in [0.2, 0.25) is 0 Å². The first-order valence-corrected chi connectivity index (χ1v) is 10.6. The number of amides is 2. The highest BCUT2D eigenvalue weighted by atomic mass is 19.1. The second-order valence-electron chi connectivity index (χ2n) is 7.44. The van der Waals surface area contributed by atoms with Crippen molar-refractivity contribution in [3.8, 4) is 11.5 Å². The summed E-state index contributed by atoms with van der Waals surface area (Å²) in [6.07, 6.45) is 4.43. The molecule has 0 unspecified atom stereocenters. The van der Waals surface area contributed by atoms with Crippen molar-refractivity contribution in [3.05, 3.63) is 101 Å². The molecule has 3 rings (SSSR count). The van der Waals surface area contributed by atoms with Gasteiger partial charge in [0, 0.05) is 24.3 Å². The molecule has 7 nitrogen and oxygen atoms in total. The van der Waals surface area contributed by atoms with Crippen molar-refractivity contribution in [3.63, 3.8) is 0 Å². The molecular formula is C27H25FN2O5. The molecule has 0 saturated heterocycles. The fraction of sp³-hybridized carbons (Fsp3) is 0.111. The van der Waals surface area contributed by atoms with Gasteiger partial charge in [0.1, 0.15) is 17.3 Å². The van der Waals surface area contributed by atoms with Crippen molar-refractivity contribution in [1.82, 2.24) is 10.8 Å². The van der Waals surface area contributed by atoms with E-state index < -0.39 is 11.7 Å². The van der Waals surface area contributed by atoms with Crippen LogP contribution in [0.4, 0.5) is 4.39 Å². The lowest BCUT2D eigenvalue weighted by Crippen LogP contribution is -2.23. The van der Waals surface area contributed by atoms with Crippen molar-refractivity contribution in [1.29, 1.82) is 0 Å². The van der Waals surface area contributed by atoms with E-state index in [1.54, 1.807) is 54.6 Å². The molecule has 3 N–H and O–H groups in total. The van der Waals surface area contributed by atoms with Crippen LogP contribution in [0.5, 0.6) is 11.5 Å². The summed E-state index contributed by atoms with van der Waals surface area (Å²) in [6, 6.07) is 18.1. The normalized spacial score (nSPS) is 11.3. The summed E-state index contributed by atoms with van der Waals surface area (Å²) < 4.78 is 24.1. The van der Waals surface area contributed by atoms with E-state index in [0.29, 0.717) is 28.2 Å². The van der Waals surface area contributed by atoms with E-state index in [0.717, 1.165) is 11.1 Å². The Bertz CT molecular complexity index is 1210. The number of carbonyl (C=O) groups excluding carboxylic acids is 2. The molecule has 3 aromatic rings. The van der Waals surface area contributed by atoms with Crippen LogP contribution in [0.15, 0.2) is 72.8 Å². The Balaban J connectivity index is 1.83. The number of methoxy groups -OCH3 is 2. The zero-order chi connectivity index (χ0) is 25.2. The lowest BCUT2D eigenvalue weighted by molar-refractivity contribution is -0.124. The molecule has 0 bridgehead atoms. The van der Waals surface area contributed by atoms with Gasteiger partial charge in [0.15, 0.2) is 0 Å². The molecule has 3 aromatic carbocycles. The topological polar surface area (TPSA) is 96.9 Å². The van der Waals surface area contributed by atoms with Crippen LogP contribution in [0.3, 0.4) is 0 Å². The Morgan fingerprint density at radius 2 is 1.54 bits per heavy atom. The average Bonchev–Trinajstić information content (AvgIpc) is 2.89. The monoisotopic (exact) mass is 476 g/mol. The number of rotatable bonds is 9. The van der Waals surface area contributed by atoms with E-state index in [1.165, 1.54) is 37.9 Å². The Morgan fingerprint density at radius 1 is 0.914 bits per heavy atom. The van der Waals surface area contributed by atoms with E-state index >= 15 is 0 Å². The molecule has 0 saturated carbocycles. The van der Waals surface area contributed by atoms with Crippen LogP contribution in [-0.2, 0) is 16.1 Å². The van der Waals surface area contributed by atoms with E-state index in [9.17, 15) is 14.0 Å². The fourth-order valence-corrected chi connectivity index (χ4v) is 3.22. The largest absolute Gasteiger partial charge is 0.497 e. The van der Waals surface area contributed by atoms with Crippen LogP contribution < -0.4 is 20.3 Å². The molecule has 0 aliphatic carbocycles. The zero-order valence-corrected chi connectivity index (χ0v) is 19.2. The van der Waals surface area contributed by atoms with Crippen molar-refractivity contribution in [2.45, 2.75) is 6.54 Å². The number of halogens is 1. The quantitative estimate of drug-likeness (QED) is 0.186. The van der Waals surface area contributed by atoms with Gasteiger partial charge in [-0.3, -0.25) is 14.8 Å². The molecule has 0 fully saturated rings. The first-order chi connectivity index (χ1) is 16.9. The van der Waals surface area contributed by atoms with Gasteiger partial charge >= 0.3 is 0 Å². The highest BCUT2D eigenvalue weighted by Crippen LogP contribution is 2.26. The van der Waals surface area contributed by atoms with Crippen molar-refractivity contribution < 1.29 is 28.7 Å². The number of hydrogen-bond acceptors (Lipinski definition) is 5. The number of hydroxylamine groups is 1. The van der Waals surface area contributed by atoms with Gasteiger partial charge < -0.3 is 14.8 Å². The molecule has 0 aliphatic heterocycles. The van der Waals surface area contributed by atoms with Gasteiger partial charge in [-0.2, -0.15) is 0 Å². The Labute approximate surface area is 202 Å². The molecule has 0 atom stereocenters. The number of nitrogens with one attached hydrogen (secondary N) is 2. The highest BCUT2D eigenvalue weighted by Gasteiger charge is 2.13. The molecule has 180 valence electrons. The molecule has 2 amide bonds. The molecule has 0 radical (unpaired) electrons. The number of benzene rings is 3. The molecule has 0 heterocycles. The minimum absolute atomic E-state index is 0.250. The maximum atomic E-state index is 13.5. The van der Waals surface area contributed by atoms with Gasteiger partial charge in [0.05, 0.1) is 14.2 Å².